The maximum atomic E-state index is 12.2. The van der Waals surface area contributed by atoms with Gasteiger partial charge in [0.2, 0.25) is 12.7 Å². The number of aliphatic carboxylic acids is 1. The van der Waals surface area contributed by atoms with Crippen LogP contribution in [0.25, 0.3) is 0 Å². The second-order valence-electron chi connectivity index (χ2n) is 4.63. The molecule has 126 valence electrons. The number of carbonyl (C=O) groups is 3. The van der Waals surface area contributed by atoms with Gasteiger partial charge in [-0.2, -0.15) is 0 Å². The van der Waals surface area contributed by atoms with Crippen molar-refractivity contribution in [3.05, 3.63) is 0 Å². The van der Waals surface area contributed by atoms with E-state index in [1.54, 1.807) is 6.92 Å². The number of amides is 1. The molecule has 1 saturated heterocycles. The highest BCUT2D eigenvalue weighted by Crippen LogP contribution is 2.22. The number of nitrogens with zero attached hydrogens (tertiary/aromatic N) is 2. The van der Waals surface area contributed by atoms with Crippen molar-refractivity contribution in [1.29, 1.82) is 0 Å². The predicted molar refractivity (Wildman–Crippen MR) is 71.8 cm³/mol. The van der Waals surface area contributed by atoms with Gasteiger partial charge in [0.05, 0.1) is 5.39 Å². The molecule has 0 aromatic rings. The molecule has 0 radical (unpaired) electrons. The minimum absolute atomic E-state index is 0.114. The van der Waals surface area contributed by atoms with Crippen LogP contribution in [0.2, 0.25) is 0 Å². The van der Waals surface area contributed by atoms with Crippen LogP contribution >= 0.6 is 11.8 Å². The van der Waals surface area contributed by atoms with Crippen LogP contribution in [0.1, 0.15) is 19.8 Å². The number of ether oxygens (including phenoxy) is 1. The largest absolute Gasteiger partial charge is 0.480 e. The van der Waals surface area contributed by atoms with Crippen LogP contribution in [0.5, 0.6) is 0 Å². The van der Waals surface area contributed by atoms with E-state index in [9.17, 15) is 14.4 Å². The van der Waals surface area contributed by atoms with Gasteiger partial charge in [-0.1, -0.05) is 6.92 Å². The SMILES string of the molecule is C[C@H](CSC(=O)OCON(O)O)C(=O)N1CCC[C@H]1C(=O)O. The van der Waals surface area contributed by atoms with Crippen molar-refractivity contribution in [3.63, 3.8) is 0 Å². The van der Waals surface area contributed by atoms with Crippen LogP contribution in [-0.2, 0) is 19.2 Å². The third-order valence-electron chi connectivity index (χ3n) is 3.04. The average Bonchev–Trinajstić information content (AvgIpc) is 2.93. The molecule has 1 aliphatic rings. The highest BCUT2D eigenvalue weighted by molar-refractivity contribution is 8.13. The number of carboxylic acids is 1. The molecule has 10 nitrogen and oxygen atoms in total. The highest BCUT2D eigenvalue weighted by Gasteiger charge is 2.35. The van der Waals surface area contributed by atoms with Gasteiger partial charge in [0.25, 0.3) is 0 Å². The Morgan fingerprint density at radius 3 is 2.68 bits per heavy atom. The number of rotatable bonds is 7. The molecule has 1 amide bonds. The van der Waals surface area contributed by atoms with Crippen molar-refractivity contribution < 1.29 is 39.5 Å². The first-order chi connectivity index (χ1) is 10.3. The van der Waals surface area contributed by atoms with Crippen molar-refractivity contribution in [3.8, 4) is 0 Å². The molecule has 2 atom stereocenters. The summed E-state index contributed by atoms with van der Waals surface area (Å²) in [7, 11) is 0. The predicted octanol–water partition coefficient (Wildman–Crippen LogP) is 0.537. The first kappa shape index (κ1) is 18.6. The molecular weight excluding hydrogens is 320 g/mol. The normalized spacial score (nSPS) is 19.3. The van der Waals surface area contributed by atoms with E-state index in [0.29, 0.717) is 31.1 Å². The zero-order valence-electron chi connectivity index (χ0n) is 11.9. The number of likely N-dealkylation sites (tertiary alicyclic amines) is 1. The minimum atomic E-state index is -1.03. The number of hydrogen-bond acceptors (Lipinski definition) is 9. The van der Waals surface area contributed by atoms with E-state index >= 15 is 0 Å². The van der Waals surface area contributed by atoms with E-state index in [0.717, 1.165) is 0 Å². The monoisotopic (exact) mass is 338 g/mol. The van der Waals surface area contributed by atoms with E-state index in [4.69, 9.17) is 15.5 Å². The third-order valence-corrected chi connectivity index (χ3v) is 4.06. The summed E-state index contributed by atoms with van der Waals surface area (Å²) in [6.07, 6.45) is 1.07. The zero-order chi connectivity index (χ0) is 16.7. The topological polar surface area (TPSA) is 137 Å². The van der Waals surface area contributed by atoms with Crippen LogP contribution < -0.4 is 0 Å². The van der Waals surface area contributed by atoms with E-state index in [1.165, 1.54) is 4.90 Å². The molecule has 1 heterocycles. The number of thioether (sulfide) groups is 1. The quantitative estimate of drug-likeness (QED) is 0.342. The van der Waals surface area contributed by atoms with E-state index in [-0.39, 0.29) is 11.7 Å². The van der Waals surface area contributed by atoms with Gasteiger partial charge >= 0.3 is 11.3 Å². The summed E-state index contributed by atoms with van der Waals surface area (Å²) in [6, 6.07) is -0.805. The Labute approximate surface area is 130 Å². The Bertz CT molecular complexity index is 419. The minimum Gasteiger partial charge on any atom is -0.480 e. The van der Waals surface area contributed by atoms with Crippen molar-refractivity contribution in [2.24, 2.45) is 5.92 Å². The van der Waals surface area contributed by atoms with Crippen molar-refractivity contribution in [1.82, 2.24) is 10.3 Å². The summed E-state index contributed by atoms with van der Waals surface area (Å²) in [6.45, 7) is 1.31. The van der Waals surface area contributed by atoms with Crippen molar-refractivity contribution >= 4 is 28.9 Å². The lowest BCUT2D eigenvalue weighted by Crippen LogP contribution is -2.43. The van der Waals surface area contributed by atoms with Crippen LogP contribution in [0, 0.1) is 5.92 Å². The molecule has 1 aliphatic heterocycles. The summed E-state index contributed by atoms with van der Waals surface area (Å²) in [4.78, 5) is 39.9. The standard InChI is InChI=1S/C11H18N2O8S/c1-7(5-22-11(17)20-6-21-13(18)19)9(14)12-4-2-3-8(12)10(15)16/h7-8,18-19H,2-6H2,1H3,(H,15,16)/t7-,8+/m1/s1. The van der Waals surface area contributed by atoms with Crippen LogP contribution in [-0.4, -0.2) is 68.1 Å². The average molecular weight is 338 g/mol. The molecule has 0 aliphatic carbocycles. The van der Waals surface area contributed by atoms with Crippen molar-refractivity contribution in [2.75, 3.05) is 19.1 Å². The van der Waals surface area contributed by atoms with Gasteiger partial charge in [0.1, 0.15) is 6.04 Å². The fourth-order valence-electron chi connectivity index (χ4n) is 2.00. The second-order valence-corrected chi connectivity index (χ2v) is 5.59. The third kappa shape index (κ3) is 5.77. The Morgan fingerprint density at radius 2 is 2.09 bits per heavy atom. The van der Waals surface area contributed by atoms with E-state index < -0.39 is 35.4 Å². The van der Waals surface area contributed by atoms with Crippen LogP contribution in [0.4, 0.5) is 4.79 Å². The molecular formula is C11H18N2O8S. The fourth-order valence-corrected chi connectivity index (χ4v) is 2.66. The van der Waals surface area contributed by atoms with Gasteiger partial charge in [0.15, 0.2) is 0 Å². The molecule has 0 spiro atoms. The molecule has 1 fully saturated rings. The Hall–Kier alpha value is -1.40. The first-order valence-electron chi connectivity index (χ1n) is 6.46. The van der Waals surface area contributed by atoms with Gasteiger partial charge in [-0.05, 0) is 24.6 Å². The summed E-state index contributed by atoms with van der Waals surface area (Å²) in [5.74, 6) is -1.79. The fraction of sp³-hybridized carbons (Fsp3) is 0.727. The maximum Gasteiger partial charge on any atom is 0.369 e. The first-order valence-corrected chi connectivity index (χ1v) is 7.45. The van der Waals surface area contributed by atoms with Gasteiger partial charge in [0, 0.05) is 18.2 Å². The molecule has 0 aromatic heterocycles. The summed E-state index contributed by atoms with van der Waals surface area (Å²) in [5.41, 5.74) is 0. The van der Waals surface area contributed by atoms with Gasteiger partial charge in [-0.3, -0.25) is 15.2 Å². The zero-order valence-corrected chi connectivity index (χ0v) is 12.7. The summed E-state index contributed by atoms with van der Waals surface area (Å²) >= 11 is 0.715. The lowest BCUT2D eigenvalue weighted by atomic mass is 10.1. The summed E-state index contributed by atoms with van der Waals surface area (Å²) < 4.78 is 4.49. The Morgan fingerprint density at radius 1 is 1.41 bits per heavy atom. The Kier molecular flexibility index (Phi) is 7.55. The summed E-state index contributed by atoms with van der Waals surface area (Å²) in [5, 5.41) is 24.1. The lowest BCUT2D eigenvalue weighted by Gasteiger charge is -2.24. The van der Waals surface area contributed by atoms with E-state index in [1.807, 2.05) is 0 Å². The number of carboxylic acid groups (broad SMARTS) is 1. The molecule has 3 N–H and O–H groups in total. The lowest BCUT2D eigenvalue weighted by molar-refractivity contribution is -0.503. The number of carbonyl (C=O) groups excluding carboxylic acids is 2. The molecule has 0 bridgehead atoms. The molecule has 1 rings (SSSR count). The highest BCUT2D eigenvalue weighted by atomic mass is 32.2. The maximum absolute atomic E-state index is 12.2. The van der Waals surface area contributed by atoms with Crippen molar-refractivity contribution in [2.45, 2.75) is 25.8 Å². The smallest absolute Gasteiger partial charge is 0.369 e. The molecule has 0 saturated carbocycles. The van der Waals surface area contributed by atoms with Gasteiger partial charge < -0.3 is 14.7 Å². The number of hydrogen-bond donors (Lipinski definition) is 3. The Balaban J connectivity index is 2.35. The second kappa shape index (κ2) is 8.90. The molecule has 22 heavy (non-hydrogen) atoms. The molecule has 11 heteroatoms. The van der Waals surface area contributed by atoms with E-state index in [2.05, 4.69) is 9.57 Å². The molecule has 0 unspecified atom stereocenters. The van der Waals surface area contributed by atoms with Gasteiger partial charge in [-0.25, -0.2) is 14.4 Å². The van der Waals surface area contributed by atoms with Crippen LogP contribution in [0.3, 0.4) is 0 Å². The van der Waals surface area contributed by atoms with Gasteiger partial charge in [-0.15, -0.1) is 0 Å². The van der Waals surface area contributed by atoms with Crippen LogP contribution in [0.15, 0.2) is 0 Å². The molecule has 0 aromatic carbocycles.